The lowest BCUT2D eigenvalue weighted by molar-refractivity contribution is 0.539. The average Bonchev–Trinajstić information content (AvgIpc) is 2.29. The first kappa shape index (κ1) is 16.3. The van der Waals surface area contributed by atoms with Crippen molar-refractivity contribution in [3.8, 4) is 0 Å². The molecule has 6 heteroatoms. The summed E-state index contributed by atoms with van der Waals surface area (Å²) in [6.45, 7) is 6.31. The molecule has 0 saturated heterocycles. The molecular weight excluding hydrogens is 284 g/mol. The van der Waals surface area contributed by atoms with E-state index in [-0.39, 0.29) is 4.90 Å². The fourth-order valence-corrected chi connectivity index (χ4v) is 3.41. The van der Waals surface area contributed by atoms with E-state index < -0.39 is 10.0 Å². The molecule has 0 saturated carbocycles. The Labute approximate surface area is 120 Å². The number of rotatable bonds is 6. The van der Waals surface area contributed by atoms with E-state index in [1.165, 1.54) is 6.07 Å². The Morgan fingerprint density at radius 1 is 1.37 bits per heavy atom. The highest BCUT2D eigenvalue weighted by Gasteiger charge is 2.18. The maximum absolute atomic E-state index is 12.2. The molecule has 4 nitrogen and oxygen atoms in total. The van der Waals surface area contributed by atoms with E-state index in [0.29, 0.717) is 28.7 Å². The number of anilines is 1. The number of hydrogen-bond acceptors (Lipinski definition) is 3. The van der Waals surface area contributed by atoms with E-state index in [1.54, 1.807) is 13.0 Å². The molecule has 0 aliphatic heterocycles. The highest BCUT2D eigenvalue weighted by Crippen LogP contribution is 2.25. The first-order chi connectivity index (χ1) is 8.74. The molecule has 0 unspecified atom stereocenters. The molecule has 0 heterocycles. The van der Waals surface area contributed by atoms with E-state index in [1.807, 2.05) is 0 Å². The Bertz CT molecular complexity index is 542. The quantitative estimate of drug-likeness (QED) is 0.627. The smallest absolute Gasteiger partial charge is 0.240 e. The van der Waals surface area contributed by atoms with Crippen LogP contribution in [0.25, 0.3) is 0 Å². The molecule has 3 N–H and O–H groups in total. The summed E-state index contributed by atoms with van der Waals surface area (Å²) in [7, 11) is -3.55. The van der Waals surface area contributed by atoms with Crippen LogP contribution in [0.1, 0.15) is 32.3 Å². The van der Waals surface area contributed by atoms with Gasteiger partial charge in [0, 0.05) is 17.3 Å². The molecule has 1 aromatic rings. The van der Waals surface area contributed by atoms with Crippen molar-refractivity contribution in [3.63, 3.8) is 0 Å². The molecular formula is C13H21ClN2O2S. The molecule has 0 bridgehead atoms. The molecule has 108 valence electrons. The van der Waals surface area contributed by atoms with Crippen molar-refractivity contribution in [1.82, 2.24) is 4.72 Å². The van der Waals surface area contributed by atoms with E-state index >= 15 is 0 Å². The largest absolute Gasteiger partial charge is 0.398 e. The van der Waals surface area contributed by atoms with Gasteiger partial charge >= 0.3 is 0 Å². The molecule has 1 aromatic carbocycles. The summed E-state index contributed by atoms with van der Waals surface area (Å²) in [5, 5.41) is 0.325. The first-order valence-corrected chi connectivity index (χ1v) is 8.15. The van der Waals surface area contributed by atoms with Gasteiger partial charge in [-0.05, 0) is 43.4 Å². The van der Waals surface area contributed by atoms with Crippen LogP contribution in [0, 0.1) is 12.8 Å². The lowest BCUT2D eigenvalue weighted by atomic mass is 10.1. The first-order valence-electron chi connectivity index (χ1n) is 6.29. The predicted molar refractivity (Wildman–Crippen MR) is 79.9 cm³/mol. The maximum Gasteiger partial charge on any atom is 0.240 e. The minimum Gasteiger partial charge on any atom is -0.398 e. The number of halogens is 1. The van der Waals surface area contributed by atoms with Crippen molar-refractivity contribution in [3.05, 3.63) is 22.7 Å². The normalized spacial score (nSPS) is 12.1. The third kappa shape index (κ3) is 4.67. The van der Waals surface area contributed by atoms with Gasteiger partial charge in [-0.2, -0.15) is 0 Å². The number of nitrogens with two attached hydrogens (primary N) is 1. The van der Waals surface area contributed by atoms with Crippen LogP contribution in [0.15, 0.2) is 17.0 Å². The number of nitrogens with one attached hydrogen (secondary N) is 1. The summed E-state index contributed by atoms with van der Waals surface area (Å²) >= 11 is 5.86. The van der Waals surface area contributed by atoms with Crippen molar-refractivity contribution in [2.24, 2.45) is 5.92 Å². The van der Waals surface area contributed by atoms with Crippen LogP contribution in [-0.2, 0) is 10.0 Å². The van der Waals surface area contributed by atoms with Crippen molar-refractivity contribution in [2.45, 2.75) is 38.5 Å². The Morgan fingerprint density at radius 3 is 2.58 bits per heavy atom. The molecule has 0 aliphatic carbocycles. The predicted octanol–water partition coefficient (Wildman–Crippen LogP) is 2.95. The summed E-state index contributed by atoms with van der Waals surface area (Å²) < 4.78 is 26.9. The topological polar surface area (TPSA) is 72.2 Å². The van der Waals surface area contributed by atoms with E-state index in [9.17, 15) is 8.42 Å². The van der Waals surface area contributed by atoms with Gasteiger partial charge in [0.05, 0.1) is 4.90 Å². The van der Waals surface area contributed by atoms with Crippen LogP contribution in [-0.4, -0.2) is 15.0 Å². The summed E-state index contributed by atoms with van der Waals surface area (Å²) in [5.74, 6) is 0.563. The van der Waals surface area contributed by atoms with Crippen LogP contribution in [0.3, 0.4) is 0 Å². The van der Waals surface area contributed by atoms with Gasteiger partial charge < -0.3 is 5.73 Å². The summed E-state index contributed by atoms with van der Waals surface area (Å²) in [6, 6.07) is 2.98. The minimum absolute atomic E-state index is 0.155. The van der Waals surface area contributed by atoms with Crippen molar-refractivity contribution in [2.75, 3.05) is 12.3 Å². The van der Waals surface area contributed by atoms with Gasteiger partial charge in [-0.1, -0.05) is 25.4 Å². The summed E-state index contributed by atoms with van der Waals surface area (Å²) in [4.78, 5) is 0.155. The van der Waals surface area contributed by atoms with E-state index in [0.717, 1.165) is 12.8 Å². The van der Waals surface area contributed by atoms with Gasteiger partial charge in [-0.15, -0.1) is 0 Å². The van der Waals surface area contributed by atoms with Gasteiger partial charge in [0.1, 0.15) is 0 Å². The molecule has 0 atom stereocenters. The van der Waals surface area contributed by atoms with Gasteiger partial charge in [0.15, 0.2) is 0 Å². The fourth-order valence-electron chi connectivity index (χ4n) is 1.75. The second-order valence-electron chi connectivity index (χ2n) is 5.05. The molecule has 0 aromatic heterocycles. The van der Waals surface area contributed by atoms with Crippen molar-refractivity contribution >= 4 is 27.3 Å². The lowest BCUT2D eigenvalue weighted by Gasteiger charge is -2.12. The van der Waals surface area contributed by atoms with E-state index in [4.69, 9.17) is 17.3 Å². The van der Waals surface area contributed by atoms with Crippen LogP contribution in [0.2, 0.25) is 5.02 Å². The molecule has 0 radical (unpaired) electrons. The Hall–Kier alpha value is -0.780. The van der Waals surface area contributed by atoms with Crippen LogP contribution in [0.4, 0.5) is 5.69 Å². The monoisotopic (exact) mass is 304 g/mol. The van der Waals surface area contributed by atoms with Crippen molar-refractivity contribution in [1.29, 1.82) is 0 Å². The fraction of sp³-hybridized carbons (Fsp3) is 0.538. The van der Waals surface area contributed by atoms with Gasteiger partial charge in [-0.25, -0.2) is 13.1 Å². The van der Waals surface area contributed by atoms with Crippen LogP contribution in [0.5, 0.6) is 0 Å². The van der Waals surface area contributed by atoms with Gasteiger partial charge in [-0.3, -0.25) is 0 Å². The number of hydrogen-bond donors (Lipinski definition) is 2. The second-order valence-corrected chi connectivity index (χ2v) is 7.22. The number of benzene rings is 1. The average molecular weight is 305 g/mol. The molecule has 0 amide bonds. The standard InChI is InChI=1S/C13H21ClN2O2S/c1-9(2)5-4-6-16-19(17,18)13-8-11(14)7-12(15)10(13)3/h7-9,16H,4-6,15H2,1-3H3. The third-order valence-corrected chi connectivity index (χ3v) is 4.71. The zero-order valence-electron chi connectivity index (χ0n) is 11.5. The molecule has 0 spiro atoms. The molecule has 19 heavy (non-hydrogen) atoms. The van der Waals surface area contributed by atoms with E-state index in [2.05, 4.69) is 18.6 Å². The summed E-state index contributed by atoms with van der Waals surface area (Å²) in [5.41, 5.74) is 6.65. The van der Waals surface area contributed by atoms with Crippen LogP contribution < -0.4 is 10.5 Å². The molecule has 0 fully saturated rings. The highest BCUT2D eigenvalue weighted by molar-refractivity contribution is 7.89. The zero-order chi connectivity index (χ0) is 14.6. The lowest BCUT2D eigenvalue weighted by Crippen LogP contribution is -2.26. The van der Waals surface area contributed by atoms with Crippen molar-refractivity contribution < 1.29 is 8.42 Å². The second kappa shape index (κ2) is 6.59. The highest BCUT2D eigenvalue weighted by atomic mass is 35.5. The van der Waals surface area contributed by atoms with Gasteiger partial charge in [0.2, 0.25) is 10.0 Å². The van der Waals surface area contributed by atoms with Gasteiger partial charge in [0.25, 0.3) is 0 Å². The minimum atomic E-state index is -3.55. The summed E-state index contributed by atoms with van der Waals surface area (Å²) in [6.07, 6.45) is 1.80. The third-order valence-electron chi connectivity index (χ3n) is 2.90. The molecule has 1 rings (SSSR count). The Balaban J connectivity index is 2.83. The van der Waals surface area contributed by atoms with Crippen LogP contribution >= 0.6 is 11.6 Å². The number of sulfonamides is 1. The molecule has 0 aliphatic rings. The zero-order valence-corrected chi connectivity index (χ0v) is 13.1. The maximum atomic E-state index is 12.2. The number of nitrogen functional groups attached to an aromatic ring is 1. The Kier molecular flexibility index (Phi) is 5.64. The SMILES string of the molecule is Cc1c(N)cc(Cl)cc1S(=O)(=O)NCCCC(C)C. The Morgan fingerprint density at radius 2 is 2.00 bits per heavy atom.